The molecule has 2 fully saturated rings. The van der Waals surface area contributed by atoms with Crippen LogP contribution in [0.1, 0.15) is 13.8 Å². The van der Waals surface area contributed by atoms with E-state index in [0.29, 0.717) is 26.4 Å². The molecule has 9 heteroatoms. The van der Waals surface area contributed by atoms with E-state index in [-0.39, 0.29) is 0 Å². The van der Waals surface area contributed by atoms with Gasteiger partial charge in [-0.1, -0.05) is 0 Å². The van der Waals surface area contributed by atoms with Crippen LogP contribution in [0.15, 0.2) is 0 Å². The molecule has 2 aliphatic rings. The first-order valence-electron chi connectivity index (χ1n) is 6.20. The van der Waals surface area contributed by atoms with Gasteiger partial charge < -0.3 is 18.9 Å². The molecule has 2 atom stereocenters. The summed E-state index contributed by atoms with van der Waals surface area (Å²) in [6.45, 7) is 5.24. The Morgan fingerprint density at radius 1 is 0.947 bits per heavy atom. The number of hydrogen-bond acceptors (Lipinski definition) is 7. The van der Waals surface area contributed by atoms with Crippen LogP contribution in [0.2, 0.25) is 0 Å². The van der Waals surface area contributed by atoms with Crippen molar-refractivity contribution < 1.29 is 32.6 Å². The summed E-state index contributed by atoms with van der Waals surface area (Å²) < 4.78 is 43.4. The van der Waals surface area contributed by atoms with Gasteiger partial charge >= 0.3 is 7.75 Å². The predicted molar refractivity (Wildman–Crippen MR) is 64.3 cm³/mol. The van der Waals surface area contributed by atoms with E-state index >= 15 is 0 Å². The zero-order valence-electron chi connectivity index (χ0n) is 11.0. The van der Waals surface area contributed by atoms with Gasteiger partial charge in [-0.2, -0.15) is 0 Å². The number of ether oxygens (including phenoxy) is 4. The van der Waals surface area contributed by atoms with E-state index in [1.807, 2.05) is 0 Å². The van der Waals surface area contributed by atoms with Gasteiger partial charge in [-0.3, -0.25) is 9.05 Å². The van der Waals surface area contributed by atoms with Gasteiger partial charge in [0, 0.05) is 0 Å². The molecule has 19 heavy (non-hydrogen) atoms. The maximum Gasteiger partial charge on any atom is 0.403 e. The molecular weight excluding hydrogens is 277 g/mol. The van der Waals surface area contributed by atoms with Crippen molar-refractivity contribution >= 4 is 7.75 Å². The smallest absolute Gasteiger partial charge is 0.348 e. The monoisotopic (exact) mass is 297 g/mol. The minimum atomic E-state index is -3.73. The first kappa shape index (κ1) is 15.3. The van der Waals surface area contributed by atoms with Gasteiger partial charge in [0.25, 0.3) is 0 Å². The molecule has 0 aromatic heterocycles. The maximum absolute atomic E-state index is 12.1. The summed E-state index contributed by atoms with van der Waals surface area (Å²) in [5, 5.41) is 0. The lowest BCUT2D eigenvalue weighted by atomic mass is 10.4. The van der Waals surface area contributed by atoms with Gasteiger partial charge in [0.2, 0.25) is 0 Å². The molecule has 0 aromatic rings. The lowest BCUT2D eigenvalue weighted by Crippen LogP contribution is -2.31. The highest BCUT2D eigenvalue weighted by atomic mass is 31.2. The summed E-state index contributed by atoms with van der Waals surface area (Å²) in [5.41, 5.74) is 5.54. The summed E-state index contributed by atoms with van der Waals surface area (Å²) in [7, 11) is -3.73. The van der Waals surface area contributed by atoms with Crippen LogP contribution < -0.4 is 5.50 Å². The van der Waals surface area contributed by atoms with Gasteiger partial charge in [0.15, 0.2) is 12.6 Å². The standard InChI is InChI=1S/C10H20NO7P/c1-7(9-13-3-4-14-9)17-19(11,12)18-8(2)10-15-5-6-16-10/h7-10H,3-6H2,1-2H3,(H2,11,12)/t7-,8-/m1/s1. The van der Waals surface area contributed by atoms with E-state index in [4.69, 9.17) is 33.5 Å². The molecule has 0 aromatic carbocycles. The largest absolute Gasteiger partial charge is 0.403 e. The number of nitrogens with two attached hydrogens (primary N) is 1. The molecular formula is C10H20NO7P. The second kappa shape index (κ2) is 6.60. The van der Waals surface area contributed by atoms with E-state index in [0.717, 1.165) is 0 Å². The Kier molecular flexibility index (Phi) is 5.33. The zero-order valence-corrected chi connectivity index (χ0v) is 11.9. The van der Waals surface area contributed by atoms with E-state index in [9.17, 15) is 4.57 Å². The van der Waals surface area contributed by atoms with Crippen molar-refractivity contribution in [3.63, 3.8) is 0 Å². The summed E-state index contributed by atoms with van der Waals surface area (Å²) in [6, 6.07) is 0. The zero-order chi connectivity index (χ0) is 13.9. The third-order valence-corrected chi connectivity index (χ3v) is 3.94. The summed E-state index contributed by atoms with van der Waals surface area (Å²) in [6.07, 6.45) is -2.32. The van der Waals surface area contributed by atoms with Crippen molar-refractivity contribution in [3.8, 4) is 0 Å². The molecule has 0 spiro atoms. The minimum Gasteiger partial charge on any atom is -0.348 e. The van der Waals surface area contributed by atoms with Gasteiger partial charge in [-0.15, -0.1) is 0 Å². The van der Waals surface area contributed by atoms with E-state index in [2.05, 4.69) is 0 Å². The molecule has 0 unspecified atom stereocenters. The van der Waals surface area contributed by atoms with Crippen molar-refractivity contribution in [1.82, 2.24) is 0 Å². The van der Waals surface area contributed by atoms with Gasteiger partial charge in [0.1, 0.15) is 12.2 Å². The van der Waals surface area contributed by atoms with Crippen molar-refractivity contribution in [1.29, 1.82) is 0 Å². The quantitative estimate of drug-likeness (QED) is 0.712. The first-order chi connectivity index (χ1) is 8.98. The summed E-state index contributed by atoms with van der Waals surface area (Å²) in [4.78, 5) is 0. The van der Waals surface area contributed by atoms with Crippen molar-refractivity contribution in [2.45, 2.75) is 38.6 Å². The average molecular weight is 297 g/mol. The molecule has 2 heterocycles. The third-order valence-electron chi connectivity index (χ3n) is 2.69. The Bertz CT molecular complexity index is 302. The van der Waals surface area contributed by atoms with Crippen molar-refractivity contribution in [2.75, 3.05) is 26.4 Å². The highest BCUT2D eigenvalue weighted by Crippen LogP contribution is 2.43. The molecule has 2 rings (SSSR count). The summed E-state index contributed by atoms with van der Waals surface area (Å²) >= 11 is 0. The molecule has 8 nitrogen and oxygen atoms in total. The second-order valence-electron chi connectivity index (χ2n) is 4.38. The summed E-state index contributed by atoms with van der Waals surface area (Å²) in [5.74, 6) is 0. The average Bonchev–Trinajstić information content (AvgIpc) is 3.01. The fourth-order valence-electron chi connectivity index (χ4n) is 1.88. The van der Waals surface area contributed by atoms with Gasteiger partial charge in [-0.05, 0) is 13.8 Å². The van der Waals surface area contributed by atoms with E-state index in [1.54, 1.807) is 13.8 Å². The number of rotatable bonds is 6. The van der Waals surface area contributed by atoms with E-state index < -0.39 is 32.5 Å². The Hall–Kier alpha value is -0.0500. The van der Waals surface area contributed by atoms with Crippen molar-refractivity contribution in [2.24, 2.45) is 5.50 Å². The maximum atomic E-state index is 12.1. The molecule has 0 radical (unpaired) electrons. The van der Waals surface area contributed by atoms with Crippen molar-refractivity contribution in [3.05, 3.63) is 0 Å². The van der Waals surface area contributed by atoms with Crippen LogP contribution in [0.25, 0.3) is 0 Å². The highest BCUT2D eigenvalue weighted by molar-refractivity contribution is 7.51. The fourth-order valence-corrected chi connectivity index (χ4v) is 3.06. The highest BCUT2D eigenvalue weighted by Gasteiger charge is 2.35. The SMILES string of the molecule is C[C@@H](OP(N)(=O)O[C@H](C)C1OCCO1)C1OCCO1. The molecule has 0 amide bonds. The lowest BCUT2D eigenvalue weighted by molar-refractivity contribution is -0.123. The molecule has 112 valence electrons. The Morgan fingerprint density at radius 3 is 1.58 bits per heavy atom. The van der Waals surface area contributed by atoms with Crippen LogP contribution >= 0.6 is 7.75 Å². The molecule has 0 aliphatic carbocycles. The third kappa shape index (κ3) is 4.47. The van der Waals surface area contributed by atoms with Crippen LogP contribution in [0.4, 0.5) is 0 Å². The van der Waals surface area contributed by atoms with Crippen LogP contribution in [0, 0.1) is 0 Å². The molecule has 0 bridgehead atoms. The van der Waals surface area contributed by atoms with Crippen LogP contribution in [-0.2, 0) is 32.6 Å². The fraction of sp³-hybridized carbons (Fsp3) is 1.00. The van der Waals surface area contributed by atoms with Crippen LogP contribution in [0.3, 0.4) is 0 Å². The molecule has 2 N–H and O–H groups in total. The molecule has 0 saturated carbocycles. The lowest BCUT2D eigenvalue weighted by Gasteiger charge is -2.25. The number of hydrogen-bond donors (Lipinski definition) is 1. The minimum absolute atomic E-state index is 0.480. The topological polar surface area (TPSA) is 98.5 Å². The van der Waals surface area contributed by atoms with Crippen LogP contribution in [-0.4, -0.2) is 51.2 Å². The van der Waals surface area contributed by atoms with Gasteiger partial charge in [0.05, 0.1) is 26.4 Å². The Morgan fingerprint density at radius 2 is 1.26 bits per heavy atom. The Labute approximate surface area is 112 Å². The van der Waals surface area contributed by atoms with E-state index in [1.165, 1.54) is 0 Å². The van der Waals surface area contributed by atoms with Gasteiger partial charge in [-0.25, -0.2) is 10.1 Å². The second-order valence-corrected chi connectivity index (χ2v) is 5.88. The predicted octanol–water partition coefficient (Wildman–Crippen LogP) is 0.609. The first-order valence-corrected chi connectivity index (χ1v) is 7.81. The Balaban J connectivity index is 1.81. The molecule has 2 saturated heterocycles. The van der Waals surface area contributed by atoms with Crippen LogP contribution in [0.5, 0.6) is 0 Å². The normalized spacial score (nSPS) is 25.8. The molecule has 2 aliphatic heterocycles.